The zero-order chi connectivity index (χ0) is 24.2. The Morgan fingerprint density at radius 3 is 2.35 bits per heavy atom. The van der Waals surface area contributed by atoms with Crippen molar-refractivity contribution < 1.29 is 19.4 Å². The zero-order valence-corrected chi connectivity index (χ0v) is 19.6. The molecule has 2 heterocycles. The van der Waals surface area contributed by atoms with Gasteiger partial charge in [-0.15, -0.1) is 0 Å². The third kappa shape index (κ3) is 4.59. The smallest absolute Gasteiger partial charge is 0.295 e. The molecule has 0 spiro atoms. The lowest BCUT2D eigenvalue weighted by Gasteiger charge is -2.26. The van der Waals surface area contributed by atoms with Crippen LogP contribution in [0, 0.1) is 0 Å². The first-order valence-corrected chi connectivity index (χ1v) is 11.4. The third-order valence-electron chi connectivity index (χ3n) is 6.20. The quantitative estimate of drug-likeness (QED) is 0.304. The van der Waals surface area contributed by atoms with Crippen LogP contribution < -0.4 is 4.74 Å². The van der Waals surface area contributed by atoms with Crippen molar-refractivity contribution in [3.8, 4) is 5.75 Å². The minimum atomic E-state index is -0.672. The Labute approximate surface area is 199 Å². The van der Waals surface area contributed by atoms with Crippen molar-refractivity contribution in [3.05, 3.63) is 89.5 Å². The summed E-state index contributed by atoms with van der Waals surface area (Å²) >= 11 is 0. The van der Waals surface area contributed by atoms with Gasteiger partial charge in [0.15, 0.2) is 0 Å². The highest BCUT2D eigenvalue weighted by molar-refractivity contribution is 6.46. The highest BCUT2D eigenvalue weighted by Crippen LogP contribution is 2.40. The number of aliphatic hydroxyl groups is 1. The van der Waals surface area contributed by atoms with Crippen LogP contribution in [0.4, 0.5) is 0 Å². The number of rotatable bonds is 8. The highest BCUT2D eigenvalue weighted by atomic mass is 16.5. The van der Waals surface area contributed by atoms with Gasteiger partial charge in [0.25, 0.3) is 11.7 Å². The van der Waals surface area contributed by atoms with E-state index in [9.17, 15) is 14.7 Å². The molecule has 176 valence electrons. The Kier molecular flexibility index (Phi) is 6.82. The number of imidazole rings is 1. The van der Waals surface area contributed by atoms with E-state index < -0.39 is 17.7 Å². The number of Topliss-reactive ketones (excluding diaryl/α,β-unsaturated/α-hetero) is 1. The maximum Gasteiger partial charge on any atom is 0.295 e. The van der Waals surface area contributed by atoms with Gasteiger partial charge in [0.1, 0.15) is 11.5 Å². The van der Waals surface area contributed by atoms with Gasteiger partial charge in [-0.25, -0.2) is 4.98 Å². The maximum absolute atomic E-state index is 13.2. The lowest BCUT2D eigenvalue weighted by Crippen LogP contribution is -2.31. The number of ether oxygens (including phenoxy) is 1. The van der Waals surface area contributed by atoms with Gasteiger partial charge in [0.05, 0.1) is 25.1 Å². The highest BCUT2D eigenvalue weighted by Gasteiger charge is 2.45. The molecule has 2 aromatic carbocycles. The molecule has 1 N–H and O–H groups in total. The largest absolute Gasteiger partial charge is 0.507 e. The summed E-state index contributed by atoms with van der Waals surface area (Å²) < 4.78 is 7.12. The Morgan fingerprint density at radius 2 is 1.76 bits per heavy atom. The molecule has 0 aliphatic carbocycles. The fraction of sp³-hybridized carbons (Fsp3) is 0.296. The number of hydrogen-bond donors (Lipinski definition) is 1. The van der Waals surface area contributed by atoms with Crippen LogP contribution in [0.5, 0.6) is 5.75 Å². The molecule has 7 heteroatoms. The van der Waals surface area contributed by atoms with Crippen molar-refractivity contribution in [3.63, 3.8) is 0 Å². The topological polar surface area (TPSA) is 84.7 Å². The number of aryl methyl sites for hydroxylation is 1. The first-order valence-electron chi connectivity index (χ1n) is 11.4. The predicted octanol–water partition coefficient (Wildman–Crippen LogP) is 4.53. The second kappa shape index (κ2) is 9.95. The lowest BCUT2D eigenvalue weighted by atomic mass is 9.93. The number of carbonyl (C=O) groups is 2. The lowest BCUT2D eigenvalue weighted by molar-refractivity contribution is -0.139. The number of carbonyl (C=O) groups excluding carboxylic acids is 2. The minimum Gasteiger partial charge on any atom is -0.507 e. The van der Waals surface area contributed by atoms with Gasteiger partial charge in [-0.1, -0.05) is 38.1 Å². The van der Waals surface area contributed by atoms with Crippen LogP contribution in [0.2, 0.25) is 0 Å². The molecule has 1 fully saturated rings. The van der Waals surface area contributed by atoms with Gasteiger partial charge in [-0.3, -0.25) is 9.59 Å². The normalized spacial score (nSPS) is 17.5. The van der Waals surface area contributed by atoms with Crippen LogP contribution in [0.3, 0.4) is 0 Å². The summed E-state index contributed by atoms with van der Waals surface area (Å²) in [5, 5.41) is 11.2. The molecule has 1 atom stereocenters. The summed E-state index contributed by atoms with van der Waals surface area (Å²) in [5.41, 5.74) is 2.52. The second-order valence-electron chi connectivity index (χ2n) is 8.70. The first-order chi connectivity index (χ1) is 16.4. The predicted molar refractivity (Wildman–Crippen MR) is 129 cm³/mol. The molecule has 7 nitrogen and oxygen atoms in total. The summed E-state index contributed by atoms with van der Waals surface area (Å²) in [4.78, 5) is 31.9. The fourth-order valence-corrected chi connectivity index (χ4v) is 4.27. The molecule has 1 amide bonds. The van der Waals surface area contributed by atoms with E-state index in [1.54, 1.807) is 48.8 Å². The average Bonchev–Trinajstić information content (AvgIpc) is 3.46. The van der Waals surface area contributed by atoms with E-state index in [0.29, 0.717) is 36.7 Å². The Bertz CT molecular complexity index is 1180. The number of amides is 1. The fourth-order valence-electron chi connectivity index (χ4n) is 4.27. The Balaban J connectivity index is 1.72. The van der Waals surface area contributed by atoms with Crippen LogP contribution in [0.25, 0.3) is 5.76 Å². The molecular formula is C27H29N3O4. The van der Waals surface area contributed by atoms with E-state index in [2.05, 4.69) is 18.8 Å². The number of methoxy groups -OCH3 is 1. The minimum absolute atomic E-state index is 0.107. The number of benzene rings is 2. The first kappa shape index (κ1) is 23.3. The summed E-state index contributed by atoms with van der Waals surface area (Å²) in [6.07, 6.45) is 5.93. The number of hydrogen-bond acceptors (Lipinski definition) is 5. The van der Waals surface area contributed by atoms with E-state index in [0.717, 1.165) is 11.1 Å². The molecule has 1 saturated heterocycles. The molecule has 0 radical (unpaired) electrons. The molecular weight excluding hydrogens is 430 g/mol. The summed E-state index contributed by atoms with van der Waals surface area (Å²) in [5.74, 6) is -0.462. The van der Waals surface area contributed by atoms with Crippen molar-refractivity contribution in [1.29, 1.82) is 0 Å². The molecule has 1 aliphatic heterocycles. The van der Waals surface area contributed by atoms with Crippen LogP contribution in [-0.2, 0) is 16.1 Å². The van der Waals surface area contributed by atoms with Crippen LogP contribution in [-0.4, -0.2) is 44.9 Å². The number of aliphatic hydroxyl groups excluding tert-OH is 1. The number of nitrogens with zero attached hydrogens (tertiary/aromatic N) is 3. The monoisotopic (exact) mass is 459 g/mol. The maximum atomic E-state index is 13.2. The molecule has 1 aromatic heterocycles. The Morgan fingerprint density at radius 1 is 1.06 bits per heavy atom. The van der Waals surface area contributed by atoms with Gasteiger partial charge in [0.2, 0.25) is 0 Å². The van der Waals surface area contributed by atoms with Crippen molar-refractivity contribution in [2.24, 2.45) is 0 Å². The van der Waals surface area contributed by atoms with Crippen LogP contribution in [0.15, 0.2) is 72.8 Å². The van der Waals surface area contributed by atoms with E-state index in [1.807, 2.05) is 35.0 Å². The molecule has 34 heavy (non-hydrogen) atoms. The zero-order valence-electron chi connectivity index (χ0n) is 19.6. The standard InChI is InChI=1S/C27H29N3O4/c1-18(2)19-5-7-20(8-6-19)24-23(25(31)21-9-11-22(34-3)12-10-21)26(32)27(33)30(24)15-4-14-29-16-13-28-17-29/h5-13,16-18,24,31H,4,14-15H2,1-3H3. The molecule has 4 rings (SSSR count). The van der Waals surface area contributed by atoms with Gasteiger partial charge >= 0.3 is 0 Å². The summed E-state index contributed by atoms with van der Waals surface area (Å²) in [6, 6.07) is 14.0. The van der Waals surface area contributed by atoms with E-state index >= 15 is 0 Å². The van der Waals surface area contributed by atoms with Crippen molar-refractivity contribution in [2.45, 2.75) is 38.8 Å². The third-order valence-corrected chi connectivity index (χ3v) is 6.20. The van der Waals surface area contributed by atoms with Crippen LogP contribution >= 0.6 is 0 Å². The van der Waals surface area contributed by atoms with Crippen LogP contribution in [0.1, 0.15) is 48.9 Å². The molecule has 1 unspecified atom stereocenters. The molecule has 3 aromatic rings. The van der Waals surface area contributed by atoms with Crippen molar-refractivity contribution >= 4 is 17.4 Å². The van der Waals surface area contributed by atoms with Crippen molar-refractivity contribution in [1.82, 2.24) is 14.5 Å². The van der Waals surface area contributed by atoms with Gasteiger partial charge in [0, 0.05) is 31.0 Å². The van der Waals surface area contributed by atoms with E-state index in [1.165, 1.54) is 0 Å². The van der Waals surface area contributed by atoms with Gasteiger partial charge < -0.3 is 19.3 Å². The molecule has 1 aliphatic rings. The van der Waals surface area contributed by atoms with Gasteiger partial charge in [-0.2, -0.15) is 0 Å². The summed E-state index contributed by atoms with van der Waals surface area (Å²) in [7, 11) is 1.56. The average molecular weight is 460 g/mol. The number of aromatic nitrogens is 2. The van der Waals surface area contributed by atoms with Gasteiger partial charge in [-0.05, 0) is 47.7 Å². The molecule has 0 saturated carbocycles. The molecule has 0 bridgehead atoms. The van der Waals surface area contributed by atoms with E-state index in [-0.39, 0.29) is 11.3 Å². The summed E-state index contributed by atoms with van der Waals surface area (Å²) in [6.45, 7) is 5.26. The second-order valence-corrected chi connectivity index (χ2v) is 8.70. The number of ketones is 1. The Hall–Kier alpha value is -3.87. The number of likely N-dealkylation sites (tertiary alicyclic amines) is 1. The van der Waals surface area contributed by atoms with Crippen molar-refractivity contribution in [2.75, 3.05) is 13.7 Å². The van der Waals surface area contributed by atoms with E-state index in [4.69, 9.17) is 4.74 Å². The SMILES string of the molecule is COc1ccc(C(O)=C2C(=O)C(=O)N(CCCn3ccnc3)C2c2ccc(C(C)C)cc2)cc1.